The molecule has 0 radical (unpaired) electrons. The first-order valence-electron chi connectivity index (χ1n) is 6.43. The van der Waals surface area contributed by atoms with Crippen LogP contribution in [0.3, 0.4) is 0 Å². The highest BCUT2D eigenvalue weighted by Crippen LogP contribution is 2.30. The molecule has 8 heteroatoms. The number of thiophene rings is 1. The Bertz CT molecular complexity index is 703. The van der Waals surface area contributed by atoms with E-state index in [-0.39, 0.29) is 0 Å². The lowest BCUT2D eigenvalue weighted by Crippen LogP contribution is -2.41. The first-order valence-corrected chi connectivity index (χ1v) is 9.67. The lowest BCUT2D eigenvalue weighted by molar-refractivity contribution is 0.469. The Morgan fingerprint density at radius 1 is 1.33 bits per heavy atom. The van der Waals surface area contributed by atoms with Gasteiger partial charge in [0.15, 0.2) is 0 Å². The highest BCUT2D eigenvalue weighted by Gasteiger charge is 2.32. The number of nitrogens with one attached hydrogen (secondary N) is 2. The highest BCUT2D eigenvalue weighted by molar-refractivity contribution is 7.89. The average molecular weight is 346 g/mol. The zero-order chi connectivity index (χ0) is 15.7. The molecule has 0 saturated heterocycles. The maximum absolute atomic E-state index is 12.8. The molecular formula is C13H19N3O2S3. The first-order chi connectivity index (χ1) is 9.78. The van der Waals surface area contributed by atoms with Gasteiger partial charge in [-0.15, -0.1) is 22.7 Å². The van der Waals surface area contributed by atoms with Crippen LogP contribution in [0.25, 0.3) is 0 Å². The second-order valence-corrected chi connectivity index (χ2v) is 8.75. The van der Waals surface area contributed by atoms with Crippen molar-refractivity contribution >= 4 is 32.7 Å². The van der Waals surface area contributed by atoms with Crippen LogP contribution in [0.1, 0.15) is 29.3 Å². The fourth-order valence-electron chi connectivity index (χ4n) is 2.09. The molecule has 2 heterocycles. The van der Waals surface area contributed by atoms with Crippen molar-refractivity contribution in [2.45, 2.75) is 37.8 Å². The van der Waals surface area contributed by atoms with Gasteiger partial charge in [-0.2, -0.15) is 4.72 Å². The third-order valence-corrected chi connectivity index (χ3v) is 7.17. The van der Waals surface area contributed by atoms with E-state index in [0.717, 1.165) is 15.4 Å². The molecule has 0 fully saturated rings. The zero-order valence-corrected chi connectivity index (χ0v) is 14.9. The smallest absolute Gasteiger partial charge is 0.242 e. The number of rotatable bonds is 6. The largest absolute Gasteiger partial charge is 0.315 e. The Balaban J connectivity index is 2.37. The van der Waals surface area contributed by atoms with E-state index >= 15 is 0 Å². The van der Waals surface area contributed by atoms with Crippen molar-refractivity contribution in [2.24, 2.45) is 0 Å². The third-order valence-electron chi connectivity index (χ3n) is 2.95. The Morgan fingerprint density at radius 2 is 2.05 bits per heavy atom. The minimum absolute atomic E-state index is 0.381. The molecule has 5 nitrogen and oxygen atoms in total. The molecular weight excluding hydrogens is 326 g/mol. The van der Waals surface area contributed by atoms with Crippen molar-refractivity contribution in [3.05, 3.63) is 32.4 Å². The van der Waals surface area contributed by atoms with Crippen LogP contribution in [-0.4, -0.2) is 20.4 Å². The van der Waals surface area contributed by atoms with Gasteiger partial charge in [-0.1, -0.05) is 0 Å². The van der Waals surface area contributed by atoms with Gasteiger partial charge in [0.2, 0.25) is 10.0 Å². The minimum atomic E-state index is -3.60. The molecule has 2 N–H and O–H groups in total. The Morgan fingerprint density at radius 3 is 2.62 bits per heavy atom. The Hall–Kier alpha value is -0.800. The predicted molar refractivity (Wildman–Crippen MR) is 87.3 cm³/mol. The standard InChI is InChI=1S/C13H19N3O2S3/c1-9-8-20-10(7-14-4)11(9)21(17,18)16-13(2,3)12-15-5-6-19-12/h5-6,8,14,16H,7H2,1-4H3. The summed E-state index contributed by atoms with van der Waals surface area (Å²) in [6, 6.07) is 0. The van der Waals surface area contributed by atoms with Gasteiger partial charge in [-0.25, -0.2) is 13.4 Å². The topological polar surface area (TPSA) is 71.1 Å². The van der Waals surface area contributed by atoms with E-state index in [9.17, 15) is 8.42 Å². The van der Waals surface area contributed by atoms with Gasteiger partial charge in [0.05, 0.1) is 5.54 Å². The highest BCUT2D eigenvalue weighted by atomic mass is 32.2. The van der Waals surface area contributed by atoms with Crippen LogP contribution >= 0.6 is 22.7 Å². The number of sulfonamides is 1. The molecule has 2 rings (SSSR count). The average Bonchev–Trinajstić information content (AvgIpc) is 2.98. The maximum atomic E-state index is 12.8. The van der Waals surface area contributed by atoms with E-state index in [0.29, 0.717) is 11.4 Å². The summed E-state index contributed by atoms with van der Waals surface area (Å²) in [7, 11) is -1.79. The summed E-state index contributed by atoms with van der Waals surface area (Å²) < 4.78 is 28.3. The molecule has 116 valence electrons. The minimum Gasteiger partial charge on any atom is -0.315 e. The summed E-state index contributed by atoms with van der Waals surface area (Å²) in [5.41, 5.74) is 0.0332. The van der Waals surface area contributed by atoms with Crippen molar-refractivity contribution in [2.75, 3.05) is 7.05 Å². The van der Waals surface area contributed by atoms with Gasteiger partial charge in [-0.3, -0.25) is 0 Å². The molecule has 0 bridgehead atoms. The summed E-state index contributed by atoms with van der Waals surface area (Å²) in [5, 5.41) is 7.47. The van der Waals surface area contributed by atoms with Gasteiger partial charge in [0.25, 0.3) is 0 Å². The number of aryl methyl sites for hydroxylation is 1. The van der Waals surface area contributed by atoms with Crippen molar-refractivity contribution in [1.29, 1.82) is 0 Å². The van der Waals surface area contributed by atoms with Crippen molar-refractivity contribution in [3.8, 4) is 0 Å². The molecule has 0 aliphatic heterocycles. The molecule has 0 aliphatic carbocycles. The Labute approximate surface area is 133 Å². The van der Waals surface area contributed by atoms with Gasteiger partial charge >= 0.3 is 0 Å². The van der Waals surface area contributed by atoms with Crippen molar-refractivity contribution in [1.82, 2.24) is 15.0 Å². The molecule has 0 atom stereocenters. The van der Waals surface area contributed by atoms with Crippen LogP contribution in [-0.2, 0) is 22.1 Å². The van der Waals surface area contributed by atoms with Gasteiger partial charge in [0, 0.05) is 23.0 Å². The van der Waals surface area contributed by atoms with Crippen LogP contribution in [0.4, 0.5) is 0 Å². The van der Waals surface area contributed by atoms with Crippen LogP contribution in [0.5, 0.6) is 0 Å². The molecule has 0 aromatic carbocycles. The molecule has 0 spiro atoms. The monoisotopic (exact) mass is 345 g/mol. The number of hydrogen-bond donors (Lipinski definition) is 2. The van der Waals surface area contributed by atoms with Gasteiger partial charge in [-0.05, 0) is 38.8 Å². The van der Waals surface area contributed by atoms with E-state index in [1.54, 1.807) is 13.2 Å². The summed E-state index contributed by atoms with van der Waals surface area (Å²) in [6.45, 7) is 6.00. The summed E-state index contributed by atoms with van der Waals surface area (Å²) >= 11 is 2.90. The Kier molecular flexibility index (Phi) is 4.84. The summed E-state index contributed by atoms with van der Waals surface area (Å²) in [5.74, 6) is 0. The number of thiazole rings is 1. The van der Waals surface area contributed by atoms with Gasteiger partial charge in [0.1, 0.15) is 9.90 Å². The van der Waals surface area contributed by atoms with Crippen molar-refractivity contribution in [3.63, 3.8) is 0 Å². The van der Waals surface area contributed by atoms with E-state index in [2.05, 4.69) is 15.0 Å². The summed E-state index contributed by atoms with van der Waals surface area (Å²) in [4.78, 5) is 5.41. The van der Waals surface area contributed by atoms with Crippen LogP contribution in [0, 0.1) is 6.92 Å². The number of hydrogen-bond acceptors (Lipinski definition) is 6. The van der Waals surface area contributed by atoms with Crippen LogP contribution < -0.4 is 10.0 Å². The fourth-order valence-corrected chi connectivity index (χ4v) is 6.08. The predicted octanol–water partition coefficient (Wildman–Crippen LogP) is 2.45. The van der Waals surface area contributed by atoms with Crippen LogP contribution in [0.15, 0.2) is 21.9 Å². The lowest BCUT2D eigenvalue weighted by atomic mass is 10.1. The fraction of sp³-hybridized carbons (Fsp3) is 0.462. The number of aromatic nitrogens is 1. The molecule has 0 saturated carbocycles. The lowest BCUT2D eigenvalue weighted by Gasteiger charge is -2.24. The molecule has 2 aromatic heterocycles. The first kappa shape index (κ1) is 16.6. The maximum Gasteiger partial charge on any atom is 0.242 e. The van der Waals surface area contributed by atoms with E-state index in [4.69, 9.17) is 0 Å². The second kappa shape index (κ2) is 6.13. The second-order valence-electron chi connectivity index (χ2n) is 5.27. The normalized spacial score (nSPS) is 12.8. The SMILES string of the molecule is CNCc1scc(C)c1S(=O)(=O)NC(C)(C)c1nccs1. The summed E-state index contributed by atoms with van der Waals surface area (Å²) in [6.07, 6.45) is 1.68. The molecule has 21 heavy (non-hydrogen) atoms. The quantitative estimate of drug-likeness (QED) is 0.843. The molecule has 0 amide bonds. The third kappa shape index (κ3) is 3.51. The van der Waals surface area contributed by atoms with Crippen molar-refractivity contribution < 1.29 is 8.42 Å². The van der Waals surface area contributed by atoms with Gasteiger partial charge < -0.3 is 5.32 Å². The zero-order valence-electron chi connectivity index (χ0n) is 12.4. The molecule has 2 aromatic rings. The van der Waals surface area contributed by atoms with E-state index in [1.165, 1.54) is 22.7 Å². The van der Waals surface area contributed by atoms with E-state index < -0.39 is 15.6 Å². The molecule has 0 aliphatic rings. The molecule has 0 unspecified atom stereocenters. The van der Waals surface area contributed by atoms with Crippen LogP contribution in [0.2, 0.25) is 0 Å². The number of nitrogens with zero attached hydrogens (tertiary/aromatic N) is 1. The van der Waals surface area contributed by atoms with E-state index in [1.807, 2.05) is 31.5 Å².